The van der Waals surface area contributed by atoms with Gasteiger partial charge in [-0.15, -0.1) is 0 Å². The van der Waals surface area contributed by atoms with E-state index < -0.39 is 0 Å². The highest BCUT2D eigenvalue weighted by Crippen LogP contribution is 2.27. The van der Waals surface area contributed by atoms with Gasteiger partial charge in [0.25, 0.3) is 0 Å². The van der Waals surface area contributed by atoms with Crippen molar-refractivity contribution in [3.63, 3.8) is 0 Å². The van der Waals surface area contributed by atoms with Gasteiger partial charge in [-0.25, -0.2) is 0 Å². The number of benzene rings is 1. The molecule has 0 spiro atoms. The fraction of sp³-hybridized carbons (Fsp3) is 0.588. The molecule has 0 saturated carbocycles. The molecule has 1 aromatic rings. The van der Waals surface area contributed by atoms with Crippen LogP contribution in [0.3, 0.4) is 0 Å². The zero-order valence-electron chi connectivity index (χ0n) is 12.6. The van der Waals surface area contributed by atoms with E-state index in [4.69, 9.17) is 0 Å². The molecule has 1 aliphatic rings. The van der Waals surface area contributed by atoms with E-state index in [1.54, 1.807) is 0 Å². The highest BCUT2D eigenvalue weighted by Gasteiger charge is 2.40. The number of hydrogen-bond acceptors (Lipinski definition) is 2. The van der Waals surface area contributed by atoms with Crippen LogP contribution in [0.2, 0.25) is 0 Å². The van der Waals surface area contributed by atoms with Crippen molar-refractivity contribution in [3.05, 3.63) is 35.9 Å². The van der Waals surface area contributed by atoms with E-state index in [0.29, 0.717) is 0 Å². The van der Waals surface area contributed by atoms with Gasteiger partial charge >= 0.3 is 0 Å². The van der Waals surface area contributed by atoms with Crippen LogP contribution in [0.25, 0.3) is 0 Å². The van der Waals surface area contributed by atoms with Crippen LogP contribution in [0.4, 0.5) is 0 Å². The van der Waals surface area contributed by atoms with E-state index in [1.807, 2.05) is 18.2 Å². The van der Waals surface area contributed by atoms with E-state index >= 15 is 0 Å². The van der Waals surface area contributed by atoms with Crippen LogP contribution in [0.5, 0.6) is 0 Å². The van der Waals surface area contributed by atoms with Crippen molar-refractivity contribution in [3.8, 4) is 0 Å². The Labute approximate surface area is 122 Å². The smallest absolute Gasteiger partial charge is 0.240 e. The molecule has 1 unspecified atom stereocenters. The lowest BCUT2D eigenvalue weighted by Crippen LogP contribution is -2.53. The molecule has 20 heavy (non-hydrogen) atoms. The van der Waals surface area contributed by atoms with E-state index in [2.05, 4.69) is 36.6 Å². The zero-order valence-corrected chi connectivity index (χ0v) is 12.6. The molecule has 2 atom stereocenters. The van der Waals surface area contributed by atoms with Crippen LogP contribution in [0.1, 0.15) is 57.6 Å². The van der Waals surface area contributed by atoms with Gasteiger partial charge in [-0.1, -0.05) is 50.1 Å². The summed E-state index contributed by atoms with van der Waals surface area (Å²) in [5.41, 5.74) is 0.823. The van der Waals surface area contributed by atoms with Gasteiger partial charge in [-0.2, -0.15) is 0 Å². The summed E-state index contributed by atoms with van der Waals surface area (Å²) >= 11 is 0. The SMILES string of the molecule is CCCC[C@@]1(C(=O)NC(C)c2ccccc2)CCCN1. The van der Waals surface area contributed by atoms with Crippen molar-refractivity contribution in [2.24, 2.45) is 0 Å². The minimum Gasteiger partial charge on any atom is -0.348 e. The van der Waals surface area contributed by atoms with Crippen LogP contribution >= 0.6 is 0 Å². The number of carbonyl (C=O) groups is 1. The molecule has 1 heterocycles. The van der Waals surface area contributed by atoms with E-state index in [1.165, 1.54) is 0 Å². The Balaban J connectivity index is 2.01. The maximum absolute atomic E-state index is 12.7. The third-order valence-corrected chi connectivity index (χ3v) is 4.28. The summed E-state index contributed by atoms with van der Waals surface area (Å²) in [5.74, 6) is 0.166. The molecular formula is C17H26N2O. The molecule has 1 saturated heterocycles. The average molecular weight is 274 g/mol. The summed E-state index contributed by atoms with van der Waals surface area (Å²) < 4.78 is 0. The summed E-state index contributed by atoms with van der Waals surface area (Å²) in [4.78, 5) is 12.7. The number of rotatable bonds is 6. The first-order valence-corrected chi connectivity index (χ1v) is 7.79. The molecule has 2 N–H and O–H groups in total. The molecule has 0 aromatic heterocycles. The van der Waals surface area contributed by atoms with Crippen molar-refractivity contribution in [2.45, 2.75) is 57.5 Å². The molecule has 1 amide bonds. The Hall–Kier alpha value is -1.35. The standard InChI is InChI=1S/C17H26N2O/c1-3-4-11-17(12-8-13-18-17)16(20)19-14(2)15-9-6-5-7-10-15/h5-7,9-10,14,18H,3-4,8,11-13H2,1-2H3,(H,19,20)/t14?,17-/m0/s1. The van der Waals surface area contributed by atoms with Crippen LogP contribution in [0, 0.1) is 0 Å². The Morgan fingerprint density at radius 1 is 1.40 bits per heavy atom. The lowest BCUT2D eigenvalue weighted by molar-refractivity contribution is -0.128. The highest BCUT2D eigenvalue weighted by atomic mass is 16.2. The Kier molecular flexibility index (Phi) is 5.18. The first-order valence-electron chi connectivity index (χ1n) is 7.79. The minimum absolute atomic E-state index is 0.0598. The second-order valence-corrected chi connectivity index (χ2v) is 5.82. The van der Waals surface area contributed by atoms with Gasteiger partial charge in [-0.05, 0) is 38.3 Å². The predicted octanol–water partition coefficient (Wildman–Crippen LogP) is 3.18. The number of nitrogens with one attached hydrogen (secondary N) is 2. The normalized spacial score (nSPS) is 23.5. The van der Waals surface area contributed by atoms with Gasteiger partial charge in [0.1, 0.15) is 0 Å². The maximum atomic E-state index is 12.7. The average Bonchev–Trinajstić information content (AvgIpc) is 2.96. The molecule has 0 radical (unpaired) electrons. The largest absolute Gasteiger partial charge is 0.348 e. The van der Waals surface area contributed by atoms with Gasteiger partial charge in [0, 0.05) is 0 Å². The molecule has 3 nitrogen and oxygen atoms in total. The zero-order chi connectivity index (χ0) is 14.4. The minimum atomic E-state index is -0.334. The quantitative estimate of drug-likeness (QED) is 0.836. The molecule has 0 aliphatic carbocycles. The summed E-state index contributed by atoms with van der Waals surface area (Å²) in [6, 6.07) is 10.2. The first kappa shape index (κ1) is 15.0. The summed E-state index contributed by atoms with van der Waals surface area (Å²) in [6.45, 7) is 5.18. The molecule has 1 aromatic carbocycles. The third kappa shape index (κ3) is 3.40. The lowest BCUT2D eigenvalue weighted by atomic mass is 9.89. The number of amides is 1. The summed E-state index contributed by atoms with van der Waals surface area (Å²) in [7, 11) is 0. The van der Waals surface area contributed by atoms with Crippen molar-refractivity contribution in [2.75, 3.05) is 6.54 Å². The molecule has 1 fully saturated rings. The Morgan fingerprint density at radius 3 is 2.75 bits per heavy atom. The summed E-state index contributed by atoms with van der Waals surface area (Å²) in [6.07, 6.45) is 5.22. The highest BCUT2D eigenvalue weighted by molar-refractivity contribution is 5.87. The van der Waals surface area contributed by atoms with Gasteiger partial charge in [0.15, 0.2) is 0 Å². The fourth-order valence-electron chi connectivity index (χ4n) is 2.97. The maximum Gasteiger partial charge on any atom is 0.240 e. The number of hydrogen-bond donors (Lipinski definition) is 2. The number of unbranched alkanes of at least 4 members (excludes halogenated alkanes) is 1. The third-order valence-electron chi connectivity index (χ3n) is 4.28. The van der Waals surface area contributed by atoms with E-state index in [9.17, 15) is 4.79 Å². The van der Waals surface area contributed by atoms with E-state index in [-0.39, 0.29) is 17.5 Å². The monoisotopic (exact) mass is 274 g/mol. The van der Waals surface area contributed by atoms with Gasteiger partial charge < -0.3 is 10.6 Å². The fourth-order valence-corrected chi connectivity index (χ4v) is 2.97. The van der Waals surface area contributed by atoms with Gasteiger partial charge in [0.2, 0.25) is 5.91 Å². The second kappa shape index (κ2) is 6.89. The van der Waals surface area contributed by atoms with Crippen LogP contribution in [-0.4, -0.2) is 18.0 Å². The molecule has 1 aliphatic heterocycles. The molecule has 2 rings (SSSR count). The Morgan fingerprint density at radius 2 is 2.15 bits per heavy atom. The van der Waals surface area contributed by atoms with Crippen LogP contribution in [0.15, 0.2) is 30.3 Å². The lowest BCUT2D eigenvalue weighted by Gasteiger charge is -2.30. The predicted molar refractivity (Wildman–Crippen MR) is 82.5 cm³/mol. The van der Waals surface area contributed by atoms with Crippen molar-refractivity contribution in [1.82, 2.24) is 10.6 Å². The topological polar surface area (TPSA) is 41.1 Å². The summed E-state index contributed by atoms with van der Waals surface area (Å²) in [5, 5.41) is 6.64. The van der Waals surface area contributed by atoms with E-state index in [0.717, 1.165) is 44.2 Å². The molecule has 0 bridgehead atoms. The number of carbonyl (C=O) groups excluding carboxylic acids is 1. The molecule has 3 heteroatoms. The van der Waals surface area contributed by atoms with Crippen LogP contribution < -0.4 is 10.6 Å². The molecular weight excluding hydrogens is 248 g/mol. The molecule has 110 valence electrons. The van der Waals surface area contributed by atoms with Crippen LogP contribution in [-0.2, 0) is 4.79 Å². The van der Waals surface area contributed by atoms with Crippen molar-refractivity contribution < 1.29 is 4.79 Å². The Bertz CT molecular complexity index is 424. The first-order chi connectivity index (χ1) is 9.68. The second-order valence-electron chi connectivity index (χ2n) is 5.82. The van der Waals surface area contributed by atoms with Gasteiger partial charge in [0.05, 0.1) is 11.6 Å². The van der Waals surface area contributed by atoms with Crippen molar-refractivity contribution >= 4 is 5.91 Å². The van der Waals surface area contributed by atoms with Gasteiger partial charge in [-0.3, -0.25) is 4.79 Å². The van der Waals surface area contributed by atoms with Crippen molar-refractivity contribution in [1.29, 1.82) is 0 Å².